The Labute approximate surface area is 210 Å². The molecule has 2 aliphatic rings. The van der Waals surface area contributed by atoms with Gasteiger partial charge in [0.25, 0.3) is 0 Å². The number of sulfonamides is 1. The van der Waals surface area contributed by atoms with Crippen molar-refractivity contribution in [3.8, 4) is 10.4 Å². The number of carbonyl (C=O) groups is 1. The Morgan fingerprint density at radius 1 is 1.11 bits per heavy atom. The van der Waals surface area contributed by atoms with E-state index in [2.05, 4.69) is 20.0 Å². The molecule has 1 saturated carbocycles. The molecule has 3 N–H and O–H groups in total. The van der Waals surface area contributed by atoms with Gasteiger partial charge in [-0.15, -0.1) is 0 Å². The number of anilines is 1. The Kier molecular flexibility index (Phi) is 8.54. The molecule has 192 valence electrons. The Morgan fingerprint density at radius 3 is 2.51 bits per heavy atom. The third-order valence-electron chi connectivity index (χ3n) is 6.88. The van der Waals surface area contributed by atoms with E-state index in [0.29, 0.717) is 60.5 Å². The second kappa shape index (κ2) is 11.4. The van der Waals surface area contributed by atoms with Crippen molar-refractivity contribution in [3.63, 3.8) is 0 Å². The molecule has 1 aliphatic carbocycles. The summed E-state index contributed by atoms with van der Waals surface area (Å²) in [5.74, 6) is 0.510. The Bertz CT molecular complexity index is 1140. The van der Waals surface area contributed by atoms with Gasteiger partial charge in [0.15, 0.2) is 5.13 Å². The summed E-state index contributed by atoms with van der Waals surface area (Å²) >= 11 is 1.32. The second-order valence-corrected chi connectivity index (χ2v) is 12.3. The molecule has 2 fully saturated rings. The standard InChI is InChI=1S/C24H34N4O5S2/c1-15-21(35(31,32)28-20-5-3-18(14-29)4-6-20)12-19(13-25-15)23-16(2)26-24(34-23)27-22(30)11-17-7-9-33-10-8-17/h12-13,17-18,20,28-29H,3-11,14H2,1-2H3,(H,26,27,30). The summed E-state index contributed by atoms with van der Waals surface area (Å²) in [6, 6.07) is 1.49. The maximum Gasteiger partial charge on any atom is 0.242 e. The van der Waals surface area contributed by atoms with Gasteiger partial charge < -0.3 is 15.2 Å². The first kappa shape index (κ1) is 26.2. The average molecular weight is 523 g/mol. The van der Waals surface area contributed by atoms with Crippen LogP contribution in [0.5, 0.6) is 0 Å². The molecule has 0 aromatic carbocycles. The van der Waals surface area contributed by atoms with Gasteiger partial charge in [0.2, 0.25) is 15.9 Å². The van der Waals surface area contributed by atoms with Crippen molar-refractivity contribution in [1.82, 2.24) is 14.7 Å². The fraction of sp³-hybridized carbons (Fsp3) is 0.625. The number of aromatic nitrogens is 2. The van der Waals surface area contributed by atoms with Gasteiger partial charge in [-0.1, -0.05) is 11.3 Å². The van der Waals surface area contributed by atoms with E-state index in [0.717, 1.165) is 30.6 Å². The predicted molar refractivity (Wildman–Crippen MR) is 135 cm³/mol. The zero-order valence-electron chi connectivity index (χ0n) is 20.2. The lowest BCUT2D eigenvalue weighted by molar-refractivity contribution is -0.117. The number of ether oxygens (including phenoxy) is 1. The minimum atomic E-state index is -3.76. The first-order chi connectivity index (χ1) is 16.7. The molecule has 1 aliphatic heterocycles. The number of aliphatic hydroxyl groups is 1. The van der Waals surface area contributed by atoms with Crippen LogP contribution < -0.4 is 10.0 Å². The fourth-order valence-electron chi connectivity index (χ4n) is 4.76. The quantitative estimate of drug-likeness (QED) is 0.484. The van der Waals surface area contributed by atoms with Crippen molar-refractivity contribution in [1.29, 1.82) is 0 Å². The molecule has 0 spiro atoms. The smallest absolute Gasteiger partial charge is 0.242 e. The maximum atomic E-state index is 13.2. The molecule has 0 atom stereocenters. The van der Waals surface area contributed by atoms with Gasteiger partial charge in [-0.2, -0.15) is 0 Å². The van der Waals surface area contributed by atoms with Crippen molar-refractivity contribution in [2.45, 2.75) is 69.7 Å². The minimum Gasteiger partial charge on any atom is -0.396 e. The molecule has 35 heavy (non-hydrogen) atoms. The van der Waals surface area contributed by atoms with Crippen molar-refractivity contribution in [3.05, 3.63) is 23.7 Å². The average Bonchev–Trinajstić information content (AvgIpc) is 3.19. The largest absolute Gasteiger partial charge is 0.396 e. The van der Waals surface area contributed by atoms with Gasteiger partial charge in [0.05, 0.1) is 16.3 Å². The van der Waals surface area contributed by atoms with Gasteiger partial charge >= 0.3 is 0 Å². The van der Waals surface area contributed by atoms with E-state index < -0.39 is 10.0 Å². The molecular formula is C24H34N4O5S2. The highest BCUT2D eigenvalue weighted by Gasteiger charge is 2.27. The SMILES string of the molecule is Cc1ncc(-c2sc(NC(=O)CC3CCOCC3)nc2C)cc1S(=O)(=O)NC1CCC(CO)CC1. The number of hydrogen-bond donors (Lipinski definition) is 3. The van der Waals surface area contributed by atoms with Crippen molar-refractivity contribution < 1.29 is 23.1 Å². The topological polar surface area (TPSA) is 131 Å². The number of carbonyl (C=O) groups excluding carboxylic acids is 1. The van der Waals surface area contributed by atoms with Crippen LogP contribution in [0.15, 0.2) is 17.2 Å². The lowest BCUT2D eigenvalue weighted by Crippen LogP contribution is -2.38. The van der Waals surface area contributed by atoms with E-state index in [1.807, 2.05) is 6.92 Å². The number of nitrogens with zero attached hydrogens (tertiary/aromatic N) is 2. The molecule has 9 nitrogen and oxygen atoms in total. The first-order valence-corrected chi connectivity index (χ1v) is 14.5. The van der Waals surface area contributed by atoms with Crippen LogP contribution in [-0.4, -0.2) is 55.3 Å². The highest BCUT2D eigenvalue weighted by atomic mass is 32.2. The molecule has 4 rings (SSSR count). The molecule has 1 amide bonds. The minimum absolute atomic E-state index is 0.0670. The summed E-state index contributed by atoms with van der Waals surface area (Å²) in [6.07, 6.45) is 6.90. The molecule has 2 aromatic heterocycles. The van der Waals surface area contributed by atoms with E-state index in [1.165, 1.54) is 11.3 Å². The zero-order valence-corrected chi connectivity index (χ0v) is 21.9. The number of aryl methyl sites for hydroxylation is 2. The molecule has 0 unspecified atom stereocenters. The Balaban J connectivity index is 1.47. The summed E-state index contributed by atoms with van der Waals surface area (Å²) in [7, 11) is -3.76. The van der Waals surface area contributed by atoms with Crippen LogP contribution in [0.3, 0.4) is 0 Å². The Hall–Kier alpha value is -1.92. The molecule has 0 bridgehead atoms. The second-order valence-electron chi connectivity index (χ2n) is 9.57. The molecule has 2 aromatic rings. The number of pyridine rings is 1. The van der Waals surface area contributed by atoms with Crippen LogP contribution in [0.4, 0.5) is 5.13 Å². The lowest BCUT2D eigenvalue weighted by atomic mass is 9.87. The van der Waals surface area contributed by atoms with Crippen LogP contribution in [-0.2, 0) is 19.6 Å². The van der Waals surface area contributed by atoms with Crippen LogP contribution in [0.1, 0.15) is 56.3 Å². The third kappa shape index (κ3) is 6.65. The molecule has 1 saturated heterocycles. The highest BCUT2D eigenvalue weighted by Crippen LogP contribution is 2.34. The Morgan fingerprint density at radius 2 is 1.83 bits per heavy atom. The third-order valence-corrected chi connectivity index (χ3v) is 9.63. The van der Waals surface area contributed by atoms with Gasteiger partial charge in [0.1, 0.15) is 4.90 Å². The number of thiazole rings is 1. The van der Waals surface area contributed by atoms with Crippen LogP contribution in [0.2, 0.25) is 0 Å². The van der Waals surface area contributed by atoms with Crippen LogP contribution in [0.25, 0.3) is 10.4 Å². The number of hydrogen-bond acceptors (Lipinski definition) is 8. The van der Waals surface area contributed by atoms with E-state index in [1.54, 1.807) is 19.2 Å². The molecule has 0 radical (unpaired) electrons. The summed E-state index contributed by atoms with van der Waals surface area (Å²) in [4.78, 5) is 22.3. The van der Waals surface area contributed by atoms with Crippen molar-refractivity contribution in [2.24, 2.45) is 11.8 Å². The highest BCUT2D eigenvalue weighted by molar-refractivity contribution is 7.89. The van der Waals surface area contributed by atoms with Gasteiger partial charge in [-0.05, 0) is 70.3 Å². The van der Waals surface area contributed by atoms with Gasteiger partial charge in [0, 0.05) is 44.0 Å². The van der Waals surface area contributed by atoms with Gasteiger partial charge in [-0.25, -0.2) is 18.1 Å². The maximum absolute atomic E-state index is 13.2. The van der Waals surface area contributed by atoms with E-state index >= 15 is 0 Å². The summed E-state index contributed by atoms with van der Waals surface area (Å²) in [5.41, 5.74) is 1.79. The fourth-order valence-corrected chi connectivity index (χ4v) is 7.24. The zero-order chi connectivity index (χ0) is 25.0. The number of nitrogens with one attached hydrogen (secondary N) is 2. The molecule has 11 heteroatoms. The van der Waals surface area contributed by atoms with Gasteiger partial charge in [-0.3, -0.25) is 9.78 Å². The monoisotopic (exact) mass is 522 g/mol. The van der Waals surface area contributed by atoms with Crippen LogP contribution >= 0.6 is 11.3 Å². The number of amides is 1. The summed E-state index contributed by atoms with van der Waals surface area (Å²) in [6.45, 7) is 5.07. The van der Waals surface area contributed by atoms with E-state index in [9.17, 15) is 18.3 Å². The van der Waals surface area contributed by atoms with Crippen LogP contribution in [0, 0.1) is 25.7 Å². The number of aliphatic hydroxyl groups excluding tert-OH is 1. The lowest BCUT2D eigenvalue weighted by Gasteiger charge is -2.27. The van der Waals surface area contributed by atoms with Crippen molar-refractivity contribution >= 4 is 32.4 Å². The summed E-state index contributed by atoms with van der Waals surface area (Å²) < 4.78 is 34.6. The molecule has 3 heterocycles. The number of rotatable bonds is 8. The predicted octanol–water partition coefficient (Wildman–Crippen LogP) is 3.41. The van der Waals surface area contributed by atoms with Crippen molar-refractivity contribution in [2.75, 3.05) is 25.1 Å². The normalized spacial score (nSPS) is 21.7. The summed E-state index contributed by atoms with van der Waals surface area (Å²) in [5, 5.41) is 12.7. The van der Waals surface area contributed by atoms with E-state index in [4.69, 9.17) is 4.74 Å². The molecular weight excluding hydrogens is 488 g/mol. The van der Waals surface area contributed by atoms with E-state index in [-0.39, 0.29) is 29.4 Å². The first-order valence-electron chi connectivity index (χ1n) is 12.2.